The van der Waals surface area contributed by atoms with Gasteiger partial charge in [-0.3, -0.25) is 4.79 Å². The van der Waals surface area contributed by atoms with Gasteiger partial charge in [0.15, 0.2) is 6.29 Å². The van der Waals surface area contributed by atoms with Gasteiger partial charge in [0.2, 0.25) is 0 Å². The Hall–Kier alpha value is -1.65. The van der Waals surface area contributed by atoms with Gasteiger partial charge in [0.05, 0.1) is 5.69 Å². The minimum atomic E-state index is -0.410. The summed E-state index contributed by atoms with van der Waals surface area (Å²) in [5.41, 5.74) is 2.38. The quantitative estimate of drug-likeness (QED) is 0.634. The van der Waals surface area contributed by atoms with E-state index in [0.29, 0.717) is 5.56 Å². The molecule has 0 saturated carbocycles. The van der Waals surface area contributed by atoms with Crippen molar-refractivity contribution in [2.45, 2.75) is 6.29 Å². The monoisotopic (exact) mass is 219 g/mol. The van der Waals surface area contributed by atoms with Crippen molar-refractivity contribution in [3.63, 3.8) is 0 Å². The maximum Gasteiger partial charge on any atom is 0.198 e. The molecule has 84 valence electrons. The highest BCUT2D eigenvalue weighted by Gasteiger charge is 2.11. The Morgan fingerprint density at radius 3 is 2.62 bits per heavy atom. The Kier molecular flexibility index (Phi) is 3.03. The zero-order valence-corrected chi connectivity index (χ0v) is 9.19. The maximum atomic E-state index is 10.6. The molecule has 0 atom stereocenters. The van der Waals surface area contributed by atoms with Gasteiger partial charge in [-0.15, -0.1) is 0 Å². The molecule has 1 heterocycles. The van der Waals surface area contributed by atoms with E-state index in [2.05, 4.69) is 4.98 Å². The summed E-state index contributed by atoms with van der Waals surface area (Å²) in [6, 6.07) is 7.42. The van der Waals surface area contributed by atoms with Gasteiger partial charge in [0.1, 0.15) is 6.29 Å². The topological polar surface area (TPSA) is 51.3 Å². The van der Waals surface area contributed by atoms with E-state index in [0.717, 1.165) is 22.9 Å². The number of hydrogen-bond acceptors (Lipinski definition) is 3. The van der Waals surface area contributed by atoms with E-state index in [1.54, 1.807) is 26.4 Å². The molecule has 0 fully saturated rings. The Morgan fingerprint density at radius 2 is 2.00 bits per heavy atom. The number of hydrogen-bond donors (Lipinski definition) is 1. The number of methoxy groups -OCH3 is 2. The van der Waals surface area contributed by atoms with E-state index in [4.69, 9.17) is 9.47 Å². The predicted molar refractivity (Wildman–Crippen MR) is 60.4 cm³/mol. The summed E-state index contributed by atoms with van der Waals surface area (Å²) in [4.78, 5) is 13.8. The number of aromatic amines is 1. The third-order valence-corrected chi connectivity index (χ3v) is 2.49. The second kappa shape index (κ2) is 4.47. The molecule has 0 spiro atoms. The van der Waals surface area contributed by atoms with Crippen LogP contribution < -0.4 is 0 Å². The van der Waals surface area contributed by atoms with E-state index >= 15 is 0 Å². The first kappa shape index (κ1) is 10.9. The van der Waals surface area contributed by atoms with Crippen LogP contribution in [0.1, 0.15) is 22.3 Å². The van der Waals surface area contributed by atoms with Crippen LogP contribution in [0.4, 0.5) is 0 Å². The predicted octanol–water partition coefficient (Wildman–Crippen LogP) is 2.27. The first-order chi connectivity index (χ1) is 7.78. The number of carbonyl (C=O) groups is 1. The van der Waals surface area contributed by atoms with Crippen LogP contribution in [-0.4, -0.2) is 25.5 Å². The number of fused-ring (bicyclic) bond motifs is 1. The first-order valence-electron chi connectivity index (χ1n) is 4.92. The van der Waals surface area contributed by atoms with Crippen LogP contribution >= 0.6 is 0 Å². The van der Waals surface area contributed by atoms with Crippen LogP contribution in [0.5, 0.6) is 0 Å². The van der Waals surface area contributed by atoms with Crippen molar-refractivity contribution in [2.75, 3.05) is 14.2 Å². The van der Waals surface area contributed by atoms with Crippen LogP contribution in [-0.2, 0) is 9.47 Å². The van der Waals surface area contributed by atoms with Crippen molar-refractivity contribution in [2.24, 2.45) is 0 Å². The number of ether oxygens (including phenoxy) is 2. The summed E-state index contributed by atoms with van der Waals surface area (Å²) < 4.78 is 10.3. The SMILES string of the molecule is COC(OC)c1cc2ccc(C=O)cc2[nH]1. The molecule has 2 rings (SSSR count). The molecule has 4 heteroatoms. The van der Waals surface area contributed by atoms with Crippen molar-refractivity contribution in [3.05, 3.63) is 35.5 Å². The Bertz CT molecular complexity index is 500. The number of aldehydes is 1. The average molecular weight is 219 g/mol. The molecule has 1 aromatic carbocycles. The van der Waals surface area contributed by atoms with Crippen LogP contribution in [0, 0.1) is 0 Å². The van der Waals surface area contributed by atoms with Crippen molar-refractivity contribution in [3.8, 4) is 0 Å². The van der Waals surface area contributed by atoms with Gasteiger partial charge < -0.3 is 14.5 Å². The molecule has 4 nitrogen and oxygen atoms in total. The molecule has 1 N–H and O–H groups in total. The lowest BCUT2D eigenvalue weighted by atomic mass is 10.2. The molecule has 2 aromatic rings. The van der Waals surface area contributed by atoms with Gasteiger partial charge >= 0.3 is 0 Å². The van der Waals surface area contributed by atoms with Crippen LogP contribution in [0.2, 0.25) is 0 Å². The Morgan fingerprint density at radius 1 is 1.25 bits per heavy atom. The van der Waals surface area contributed by atoms with Gasteiger partial charge in [0, 0.05) is 25.3 Å². The van der Waals surface area contributed by atoms with E-state index in [-0.39, 0.29) is 0 Å². The zero-order valence-electron chi connectivity index (χ0n) is 9.19. The molecular weight excluding hydrogens is 206 g/mol. The van der Waals surface area contributed by atoms with Crippen LogP contribution in [0.25, 0.3) is 10.9 Å². The molecule has 16 heavy (non-hydrogen) atoms. The summed E-state index contributed by atoms with van der Waals surface area (Å²) in [7, 11) is 3.16. The molecule has 0 aliphatic rings. The molecule has 0 aliphatic carbocycles. The van der Waals surface area contributed by atoms with Gasteiger partial charge in [0.25, 0.3) is 0 Å². The van der Waals surface area contributed by atoms with Crippen LogP contribution in [0.3, 0.4) is 0 Å². The third kappa shape index (κ3) is 1.85. The minimum absolute atomic E-state index is 0.410. The van der Waals surface area contributed by atoms with Crippen molar-refractivity contribution in [1.29, 1.82) is 0 Å². The van der Waals surface area contributed by atoms with E-state index in [1.807, 2.05) is 12.1 Å². The van der Waals surface area contributed by atoms with Crippen LogP contribution in [0.15, 0.2) is 24.3 Å². The molecule has 0 saturated heterocycles. The fraction of sp³-hybridized carbons (Fsp3) is 0.250. The van der Waals surface area contributed by atoms with E-state index in [9.17, 15) is 4.79 Å². The molecule has 0 aliphatic heterocycles. The van der Waals surface area contributed by atoms with Crippen molar-refractivity contribution in [1.82, 2.24) is 4.98 Å². The lowest BCUT2D eigenvalue weighted by molar-refractivity contribution is -0.108. The summed E-state index contributed by atoms with van der Waals surface area (Å²) in [5.74, 6) is 0. The standard InChI is InChI=1S/C12H13NO3/c1-15-12(16-2)11-6-9-4-3-8(7-14)5-10(9)13-11/h3-7,12-13H,1-2H3. The van der Waals surface area contributed by atoms with Gasteiger partial charge in [-0.1, -0.05) is 12.1 Å². The molecule has 0 radical (unpaired) electrons. The fourth-order valence-corrected chi connectivity index (χ4v) is 1.72. The highest BCUT2D eigenvalue weighted by atomic mass is 16.7. The highest BCUT2D eigenvalue weighted by molar-refractivity contribution is 5.87. The second-order valence-corrected chi connectivity index (χ2v) is 3.49. The summed E-state index contributed by atoms with van der Waals surface area (Å²) in [5, 5.41) is 1.03. The second-order valence-electron chi connectivity index (χ2n) is 3.49. The van der Waals surface area contributed by atoms with Gasteiger partial charge in [-0.2, -0.15) is 0 Å². The number of H-pyrrole nitrogens is 1. The van der Waals surface area contributed by atoms with Crippen molar-refractivity contribution >= 4 is 17.2 Å². The van der Waals surface area contributed by atoms with E-state index in [1.165, 1.54) is 0 Å². The number of carbonyl (C=O) groups excluding carboxylic acids is 1. The van der Waals surface area contributed by atoms with Gasteiger partial charge in [-0.05, 0) is 17.5 Å². The number of aromatic nitrogens is 1. The Labute approximate surface area is 93.2 Å². The zero-order chi connectivity index (χ0) is 11.5. The first-order valence-corrected chi connectivity index (χ1v) is 4.92. The molecule has 0 unspecified atom stereocenters. The fourth-order valence-electron chi connectivity index (χ4n) is 1.72. The van der Waals surface area contributed by atoms with Gasteiger partial charge in [-0.25, -0.2) is 0 Å². The smallest absolute Gasteiger partial charge is 0.198 e. The molecule has 1 aromatic heterocycles. The minimum Gasteiger partial charge on any atom is -0.354 e. The summed E-state index contributed by atoms with van der Waals surface area (Å²) in [6.07, 6.45) is 0.413. The largest absolute Gasteiger partial charge is 0.354 e. The lowest BCUT2D eigenvalue weighted by Gasteiger charge is -2.10. The third-order valence-electron chi connectivity index (χ3n) is 2.49. The maximum absolute atomic E-state index is 10.6. The molecular formula is C12H13NO3. The number of benzene rings is 1. The lowest BCUT2D eigenvalue weighted by Crippen LogP contribution is -2.03. The highest BCUT2D eigenvalue weighted by Crippen LogP contribution is 2.22. The Balaban J connectivity index is 2.46. The number of nitrogens with one attached hydrogen (secondary N) is 1. The van der Waals surface area contributed by atoms with Crippen molar-refractivity contribution < 1.29 is 14.3 Å². The van der Waals surface area contributed by atoms with E-state index < -0.39 is 6.29 Å². The summed E-state index contributed by atoms with van der Waals surface area (Å²) >= 11 is 0. The average Bonchev–Trinajstić information content (AvgIpc) is 2.72. The normalized spacial score (nSPS) is 11.2. The molecule has 0 amide bonds. The number of rotatable bonds is 4. The summed E-state index contributed by atoms with van der Waals surface area (Å²) in [6.45, 7) is 0. The molecule has 0 bridgehead atoms.